The Morgan fingerprint density at radius 1 is 1.06 bits per heavy atom. The normalized spacial score (nSPS) is 32.6. The Hall–Kier alpha value is -1.08. The van der Waals surface area contributed by atoms with E-state index in [0.29, 0.717) is 6.42 Å². The zero-order chi connectivity index (χ0) is 11.8. The summed E-state index contributed by atoms with van der Waals surface area (Å²) in [5, 5.41) is 0. The van der Waals surface area contributed by atoms with E-state index < -0.39 is 18.9 Å². The Labute approximate surface area is 93.2 Å². The van der Waals surface area contributed by atoms with Crippen molar-refractivity contribution in [3.63, 3.8) is 0 Å². The Balaban J connectivity index is 2.14. The summed E-state index contributed by atoms with van der Waals surface area (Å²) in [5.41, 5.74) is 0. The van der Waals surface area contributed by atoms with Crippen LogP contribution < -0.4 is 0 Å². The van der Waals surface area contributed by atoms with Crippen LogP contribution in [0, 0.1) is 0 Å². The first-order valence-electron chi connectivity index (χ1n) is 5.53. The average molecular weight is 229 g/mol. The summed E-state index contributed by atoms with van der Waals surface area (Å²) in [4.78, 5) is 22.0. The van der Waals surface area contributed by atoms with Crippen LogP contribution in [0.25, 0.3) is 0 Å². The van der Waals surface area contributed by atoms with Gasteiger partial charge in [0.05, 0.1) is 0 Å². The second-order valence-corrected chi connectivity index (χ2v) is 3.96. The van der Waals surface area contributed by atoms with Gasteiger partial charge in [0.2, 0.25) is 0 Å². The first kappa shape index (κ1) is 11.4. The minimum atomic E-state index is -2.65. The minimum Gasteiger partial charge on any atom is -0.599 e. The molecule has 90 valence electrons. The highest BCUT2D eigenvalue weighted by atomic mass is 16.9. The van der Waals surface area contributed by atoms with Gasteiger partial charge in [0, 0.05) is 12.2 Å². The summed E-state index contributed by atoms with van der Waals surface area (Å²) in [6, 6.07) is 0. The number of hydrogen-bond acceptors (Lipinski definition) is 6. The summed E-state index contributed by atoms with van der Waals surface area (Å²) in [7, 11) is 0. The molecule has 2 saturated heterocycles. The van der Waals surface area contributed by atoms with Crippen molar-refractivity contribution in [2.45, 2.75) is 45.3 Å². The number of carbonyl (C=O) groups is 2. The van der Waals surface area contributed by atoms with Crippen molar-refractivity contribution in [1.82, 2.24) is 0 Å². The van der Waals surface area contributed by atoms with Crippen LogP contribution in [0.2, 0.25) is 0 Å². The van der Waals surface area contributed by atoms with Crippen LogP contribution in [0.4, 0.5) is 0 Å². The van der Waals surface area contributed by atoms with Gasteiger partial charge in [-0.15, -0.1) is 0 Å². The molecule has 2 fully saturated rings. The molecule has 2 unspecified atom stereocenters. The fourth-order valence-corrected chi connectivity index (χ4v) is 1.93. The van der Waals surface area contributed by atoms with E-state index in [0.717, 1.165) is 12.8 Å². The molecular weight excluding hydrogens is 215 g/mol. The fourth-order valence-electron chi connectivity index (χ4n) is 1.93. The van der Waals surface area contributed by atoms with Gasteiger partial charge < -0.3 is 18.6 Å². The van der Waals surface area contributed by atoms with Crippen LogP contribution in [0.15, 0.2) is 0 Å². The molecule has 1 spiro atoms. The van der Waals surface area contributed by atoms with Crippen LogP contribution in [-0.2, 0) is 28.2 Å². The molecule has 16 heavy (non-hydrogen) atoms. The minimum absolute atomic E-state index is 0.114. The lowest BCUT2D eigenvalue weighted by atomic mass is 9.95. The van der Waals surface area contributed by atoms with Crippen molar-refractivity contribution in [2.75, 3.05) is 0 Å². The molecule has 2 aliphatic heterocycles. The molecule has 0 saturated carbocycles. The van der Waals surface area contributed by atoms with Gasteiger partial charge in [-0.05, 0) is 19.3 Å². The molecule has 0 aromatic heterocycles. The first-order chi connectivity index (χ1) is 7.58. The lowest BCUT2D eigenvalue weighted by Crippen LogP contribution is -2.54. The van der Waals surface area contributed by atoms with Gasteiger partial charge in [0.1, 0.15) is 0 Å². The number of rotatable bonds is 2. The third-order valence-electron chi connectivity index (χ3n) is 2.82. The van der Waals surface area contributed by atoms with E-state index in [1.807, 2.05) is 13.8 Å². The smallest absolute Gasteiger partial charge is 0.599 e. The Morgan fingerprint density at radius 2 is 1.50 bits per heavy atom. The molecule has 2 rings (SSSR count). The van der Waals surface area contributed by atoms with Crippen molar-refractivity contribution >= 4 is 18.9 Å². The van der Waals surface area contributed by atoms with E-state index in [9.17, 15) is 9.59 Å². The summed E-state index contributed by atoms with van der Waals surface area (Å²) >= 11 is 0. The van der Waals surface area contributed by atoms with Gasteiger partial charge in [-0.2, -0.15) is 0 Å². The first-order valence-corrected chi connectivity index (χ1v) is 5.53. The van der Waals surface area contributed by atoms with Gasteiger partial charge in [-0.25, -0.2) is 9.59 Å². The molecule has 0 radical (unpaired) electrons. The number of hydrogen-bond donors (Lipinski definition) is 0. The molecular formula is C9H14BO6-. The van der Waals surface area contributed by atoms with E-state index in [1.54, 1.807) is 0 Å². The third-order valence-corrected chi connectivity index (χ3v) is 2.82. The van der Waals surface area contributed by atoms with Crippen molar-refractivity contribution in [3.8, 4) is 0 Å². The van der Waals surface area contributed by atoms with Gasteiger partial charge >= 0.3 is 18.9 Å². The van der Waals surface area contributed by atoms with Crippen LogP contribution >= 0.6 is 0 Å². The maximum absolute atomic E-state index is 11.0. The highest BCUT2D eigenvalue weighted by Crippen LogP contribution is 2.31. The maximum atomic E-state index is 11.0. The highest BCUT2D eigenvalue weighted by molar-refractivity contribution is 6.66. The monoisotopic (exact) mass is 229 g/mol. The van der Waals surface area contributed by atoms with Gasteiger partial charge in [0.25, 0.3) is 0 Å². The molecule has 0 aromatic rings. The summed E-state index contributed by atoms with van der Waals surface area (Å²) in [6.07, 6.45) is 1.98. The van der Waals surface area contributed by atoms with E-state index in [-0.39, 0.29) is 12.2 Å². The quantitative estimate of drug-likeness (QED) is 0.507. The van der Waals surface area contributed by atoms with Crippen LogP contribution in [0.3, 0.4) is 0 Å². The fraction of sp³-hybridized carbons (Fsp3) is 0.778. The topological polar surface area (TPSA) is 71.1 Å². The Morgan fingerprint density at radius 3 is 1.88 bits per heavy atom. The molecule has 2 atom stereocenters. The van der Waals surface area contributed by atoms with Gasteiger partial charge in [0.15, 0.2) is 0 Å². The standard InChI is InChI=1S/C9H14BO6/c1-3-6-5-7(4-2)14-10(13-6)15-8(11)9(12)16-10/h6-7H,3-5H2,1-2H3/q-1. The second kappa shape index (κ2) is 4.06. The lowest BCUT2D eigenvalue weighted by molar-refractivity contribution is -0.150. The predicted octanol–water partition coefficient (Wildman–Crippen LogP) is 0.516. The molecule has 0 aliphatic carbocycles. The summed E-state index contributed by atoms with van der Waals surface area (Å²) < 4.78 is 20.4. The molecule has 0 amide bonds. The Bertz CT molecular complexity index is 287. The zero-order valence-corrected chi connectivity index (χ0v) is 9.30. The van der Waals surface area contributed by atoms with E-state index >= 15 is 0 Å². The van der Waals surface area contributed by atoms with Crippen molar-refractivity contribution in [1.29, 1.82) is 0 Å². The van der Waals surface area contributed by atoms with Crippen molar-refractivity contribution < 1.29 is 28.2 Å². The molecule has 2 heterocycles. The predicted molar refractivity (Wildman–Crippen MR) is 52.9 cm³/mol. The molecule has 0 N–H and O–H groups in total. The third kappa shape index (κ3) is 1.92. The summed E-state index contributed by atoms with van der Waals surface area (Å²) in [5.74, 6) is -2.10. The van der Waals surface area contributed by atoms with Crippen molar-refractivity contribution in [2.24, 2.45) is 0 Å². The lowest BCUT2D eigenvalue weighted by Gasteiger charge is -2.45. The molecule has 0 bridgehead atoms. The molecule has 6 nitrogen and oxygen atoms in total. The van der Waals surface area contributed by atoms with Crippen molar-refractivity contribution in [3.05, 3.63) is 0 Å². The Kier molecular flexibility index (Phi) is 2.90. The van der Waals surface area contributed by atoms with E-state index in [2.05, 4.69) is 0 Å². The van der Waals surface area contributed by atoms with Gasteiger partial charge in [-0.1, -0.05) is 13.8 Å². The van der Waals surface area contributed by atoms with Crippen LogP contribution in [0.5, 0.6) is 0 Å². The van der Waals surface area contributed by atoms with E-state index in [4.69, 9.17) is 18.6 Å². The van der Waals surface area contributed by atoms with Crippen LogP contribution in [0.1, 0.15) is 33.1 Å². The second-order valence-electron chi connectivity index (χ2n) is 3.96. The zero-order valence-electron chi connectivity index (χ0n) is 9.30. The SMILES string of the molecule is CCC1CC(CC)O[B-]2(OC(=O)C(=O)O2)O1. The highest BCUT2D eigenvalue weighted by Gasteiger charge is 2.53. The number of carbonyl (C=O) groups excluding carboxylic acids is 2. The van der Waals surface area contributed by atoms with Crippen LogP contribution in [-0.4, -0.2) is 31.1 Å². The summed E-state index contributed by atoms with van der Waals surface area (Å²) in [6.45, 7) is 1.25. The molecule has 2 aliphatic rings. The largest absolute Gasteiger partial charge is 0.657 e. The van der Waals surface area contributed by atoms with Gasteiger partial charge in [-0.3, -0.25) is 0 Å². The van der Waals surface area contributed by atoms with E-state index in [1.165, 1.54) is 0 Å². The molecule has 7 heteroatoms. The molecule has 0 aromatic carbocycles. The average Bonchev–Trinajstić information content (AvgIpc) is 2.52. The maximum Gasteiger partial charge on any atom is 0.657 e.